The molecule has 0 heterocycles. The molecule has 2 aromatic carbocycles. The monoisotopic (exact) mass is 375 g/mol. The number of aryl methyl sites for hydroxylation is 2. The maximum atomic E-state index is 12.2. The van der Waals surface area contributed by atoms with Crippen LogP contribution in [-0.2, 0) is 9.53 Å². The molecule has 4 nitrogen and oxygen atoms in total. The Kier molecular flexibility index (Phi) is 5.55. The van der Waals surface area contributed by atoms with E-state index in [0.717, 1.165) is 15.6 Å². The lowest BCUT2D eigenvalue weighted by Gasteiger charge is -2.15. The number of hydrogen-bond acceptors (Lipinski definition) is 3. The zero-order valence-electron chi connectivity index (χ0n) is 13.2. The predicted octanol–water partition coefficient (Wildman–Crippen LogP) is 4.25. The molecule has 0 radical (unpaired) electrons. The summed E-state index contributed by atoms with van der Waals surface area (Å²) in [6, 6.07) is 12.5. The van der Waals surface area contributed by atoms with Gasteiger partial charge in [0.05, 0.1) is 5.56 Å². The van der Waals surface area contributed by atoms with Gasteiger partial charge >= 0.3 is 5.97 Å². The number of ether oxygens (including phenoxy) is 1. The van der Waals surface area contributed by atoms with Crippen molar-refractivity contribution in [3.8, 4) is 0 Å². The Balaban J connectivity index is 1.99. The summed E-state index contributed by atoms with van der Waals surface area (Å²) in [4.78, 5) is 24.2. The van der Waals surface area contributed by atoms with Gasteiger partial charge in [0.15, 0.2) is 6.10 Å². The van der Waals surface area contributed by atoms with Crippen molar-refractivity contribution < 1.29 is 14.3 Å². The molecule has 0 saturated carbocycles. The van der Waals surface area contributed by atoms with E-state index in [-0.39, 0.29) is 5.91 Å². The second-order valence-corrected chi connectivity index (χ2v) is 6.28. The number of anilines is 1. The van der Waals surface area contributed by atoms with E-state index in [0.29, 0.717) is 11.3 Å². The van der Waals surface area contributed by atoms with Crippen molar-refractivity contribution in [2.75, 3.05) is 5.32 Å². The Morgan fingerprint density at radius 1 is 1.09 bits per heavy atom. The van der Waals surface area contributed by atoms with Crippen LogP contribution < -0.4 is 5.32 Å². The van der Waals surface area contributed by atoms with E-state index in [1.54, 1.807) is 31.2 Å². The first-order chi connectivity index (χ1) is 10.9. The third kappa shape index (κ3) is 4.66. The largest absolute Gasteiger partial charge is 0.449 e. The van der Waals surface area contributed by atoms with Gasteiger partial charge < -0.3 is 10.1 Å². The van der Waals surface area contributed by atoms with Crippen molar-refractivity contribution in [1.29, 1.82) is 0 Å². The van der Waals surface area contributed by atoms with Crippen LogP contribution in [0.3, 0.4) is 0 Å². The van der Waals surface area contributed by atoms with Gasteiger partial charge in [0.1, 0.15) is 0 Å². The molecule has 0 spiro atoms. The summed E-state index contributed by atoms with van der Waals surface area (Å²) in [7, 11) is 0. The molecule has 1 amide bonds. The highest BCUT2D eigenvalue weighted by atomic mass is 79.9. The van der Waals surface area contributed by atoms with Gasteiger partial charge in [0.25, 0.3) is 5.91 Å². The third-order valence-electron chi connectivity index (χ3n) is 3.37. The Morgan fingerprint density at radius 3 is 2.35 bits per heavy atom. The van der Waals surface area contributed by atoms with Crippen LogP contribution >= 0.6 is 15.9 Å². The molecule has 1 atom stereocenters. The summed E-state index contributed by atoms with van der Waals surface area (Å²) in [6.45, 7) is 5.46. The predicted molar refractivity (Wildman–Crippen MR) is 93.6 cm³/mol. The molecule has 2 rings (SSSR count). The van der Waals surface area contributed by atoms with Gasteiger partial charge in [-0.1, -0.05) is 33.6 Å². The second kappa shape index (κ2) is 7.42. The van der Waals surface area contributed by atoms with Gasteiger partial charge in [-0.25, -0.2) is 4.79 Å². The van der Waals surface area contributed by atoms with Crippen molar-refractivity contribution in [1.82, 2.24) is 0 Å². The average Bonchev–Trinajstić information content (AvgIpc) is 2.50. The molecular weight excluding hydrogens is 358 g/mol. The van der Waals surface area contributed by atoms with Gasteiger partial charge in [0.2, 0.25) is 0 Å². The number of nitrogens with one attached hydrogen (secondary N) is 1. The highest BCUT2D eigenvalue weighted by Crippen LogP contribution is 2.17. The smallest absolute Gasteiger partial charge is 0.338 e. The Morgan fingerprint density at radius 2 is 1.74 bits per heavy atom. The third-order valence-corrected chi connectivity index (χ3v) is 3.90. The average molecular weight is 376 g/mol. The Bertz CT molecular complexity index is 726. The minimum absolute atomic E-state index is 0.359. The number of halogens is 1. The van der Waals surface area contributed by atoms with Crippen molar-refractivity contribution in [3.05, 3.63) is 63.6 Å². The van der Waals surface area contributed by atoms with Gasteiger partial charge in [-0.15, -0.1) is 0 Å². The molecule has 5 heteroatoms. The molecule has 23 heavy (non-hydrogen) atoms. The lowest BCUT2D eigenvalue weighted by molar-refractivity contribution is -0.123. The highest BCUT2D eigenvalue weighted by Gasteiger charge is 2.19. The number of hydrogen-bond donors (Lipinski definition) is 1. The van der Waals surface area contributed by atoms with Crippen LogP contribution in [0.2, 0.25) is 0 Å². The maximum absolute atomic E-state index is 12.2. The summed E-state index contributed by atoms with van der Waals surface area (Å²) in [5.41, 5.74) is 3.20. The molecule has 0 bridgehead atoms. The van der Waals surface area contributed by atoms with E-state index in [2.05, 4.69) is 21.2 Å². The molecule has 0 fully saturated rings. The minimum Gasteiger partial charge on any atom is -0.449 e. The van der Waals surface area contributed by atoms with Gasteiger partial charge in [-0.2, -0.15) is 0 Å². The topological polar surface area (TPSA) is 55.4 Å². The van der Waals surface area contributed by atoms with E-state index in [1.165, 1.54) is 0 Å². The molecule has 1 unspecified atom stereocenters. The van der Waals surface area contributed by atoms with Gasteiger partial charge in [-0.3, -0.25) is 4.79 Å². The van der Waals surface area contributed by atoms with Crippen molar-refractivity contribution in [3.63, 3.8) is 0 Å². The van der Waals surface area contributed by atoms with Crippen LogP contribution in [0.25, 0.3) is 0 Å². The van der Waals surface area contributed by atoms with E-state index >= 15 is 0 Å². The molecular formula is C18H18BrNO3. The lowest BCUT2D eigenvalue weighted by atomic mass is 10.1. The molecule has 0 aliphatic carbocycles. The van der Waals surface area contributed by atoms with Crippen LogP contribution in [0.5, 0.6) is 0 Å². The first-order valence-corrected chi connectivity index (χ1v) is 8.01. The molecule has 0 aromatic heterocycles. The van der Waals surface area contributed by atoms with E-state index in [4.69, 9.17) is 4.74 Å². The fraction of sp³-hybridized carbons (Fsp3) is 0.222. The Labute approximate surface area is 144 Å². The first kappa shape index (κ1) is 17.2. The maximum Gasteiger partial charge on any atom is 0.338 e. The van der Waals surface area contributed by atoms with E-state index in [9.17, 15) is 9.59 Å². The lowest BCUT2D eigenvalue weighted by Crippen LogP contribution is -2.30. The van der Waals surface area contributed by atoms with Crippen LogP contribution in [0.1, 0.15) is 28.4 Å². The molecule has 0 aliphatic heterocycles. The summed E-state index contributed by atoms with van der Waals surface area (Å²) in [6.07, 6.45) is -0.883. The number of benzene rings is 2. The quantitative estimate of drug-likeness (QED) is 0.812. The van der Waals surface area contributed by atoms with Crippen molar-refractivity contribution in [2.45, 2.75) is 26.9 Å². The minimum atomic E-state index is -0.883. The second-order valence-electron chi connectivity index (χ2n) is 5.36. The zero-order valence-corrected chi connectivity index (χ0v) is 14.8. The summed E-state index contributed by atoms with van der Waals surface area (Å²) in [5.74, 6) is -0.886. The van der Waals surface area contributed by atoms with Crippen LogP contribution in [-0.4, -0.2) is 18.0 Å². The highest BCUT2D eigenvalue weighted by molar-refractivity contribution is 9.10. The molecule has 0 saturated heterocycles. The normalized spacial score (nSPS) is 11.7. The SMILES string of the molecule is Cc1ccc(NC(=O)C(C)OC(=O)c2ccc(Br)cc2)c(C)c1. The van der Waals surface area contributed by atoms with Crippen molar-refractivity contribution in [2.24, 2.45) is 0 Å². The number of esters is 1. The molecule has 120 valence electrons. The number of amides is 1. The van der Waals surface area contributed by atoms with Crippen LogP contribution in [0.15, 0.2) is 46.9 Å². The number of carbonyl (C=O) groups excluding carboxylic acids is 2. The van der Waals surface area contributed by atoms with Crippen LogP contribution in [0, 0.1) is 13.8 Å². The van der Waals surface area contributed by atoms with E-state index in [1.807, 2.05) is 32.0 Å². The Hall–Kier alpha value is -2.14. The summed E-state index contributed by atoms with van der Waals surface area (Å²) < 4.78 is 6.08. The van der Waals surface area contributed by atoms with Gasteiger partial charge in [0, 0.05) is 10.2 Å². The van der Waals surface area contributed by atoms with Gasteiger partial charge in [-0.05, 0) is 56.7 Å². The summed E-state index contributed by atoms with van der Waals surface area (Å²) in [5, 5.41) is 2.78. The number of carbonyl (C=O) groups is 2. The molecule has 0 aliphatic rings. The number of rotatable bonds is 4. The van der Waals surface area contributed by atoms with Crippen LogP contribution in [0.4, 0.5) is 5.69 Å². The van der Waals surface area contributed by atoms with Crippen molar-refractivity contribution >= 4 is 33.5 Å². The first-order valence-electron chi connectivity index (χ1n) is 7.21. The zero-order chi connectivity index (χ0) is 17.0. The summed E-state index contributed by atoms with van der Waals surface area (Å²) >= 11 is 3.30. The standard InChI is InChI=1S/C18H18BrNO3/c1-11-4-9-16(12(2)10-11)20-17(21)13(3)23-18(22)14-5-7-15(19)8-6-14/h4-10,13H,1-3H3,(H,20,21). The molecule has 1 N–H and O–H groups in total. The fourth-order valence-electron chi connectivity index (χ4n) is 2.06. The molecule has 2 aromatic rings. The van der Waals surface area contributed by atoms with E-state index < -0.39 is 12.1 Å². The fourth-order valence-corrected chi connectivity index (χ4v) is 2.32.